The summed E-state index contributed by atoms with van der Waals surface area (Å²) in [6, 6.07) is 2.60. The van der Waals surface area contributed by atoms with E-state index in [1.165, 1.54) is 12.1 Å². The van der Waals surface area contributed by atoms with Gasteiger partial charge in [-0.05, 0) is 31.9 Å². The quantitative estimate of drug-likeness (QED) is 0.787. The number of hydrogen-bond donors (Lipinski definition) is 1. The van der Waals surface area contributed by atoms with Crippen LogP contribution in [-0.2, 0) is 5.54 Å². The number of ether oxygens (including phenoxy) is 1. The molecule has 17 heavy (non-hydrogen) atoms. The third-order valence-electron chi connectivity index (χ3n) is 3.36. The van der Waals surface area contributed by atoms with Gasteiger partial charge in [-0.3, -0.25) is 0 Å². The molecule has 0 aromatic heterocycles. The monoisotopic (exact) mass is 259 g/mol. The first-order valence-electron chi connectivity index (χ1n) is 5.50. The fourth-order valence-electron chi connectivity index (χ4n) is 2.17. The van der Waals surface area contributed by atoms with Crippen molar-refractivity contribution in [2.75, 3.05) is 13.7 Å². The normalized spacial score (nSPS) is 24.1. The second kappa shape index (κ2) is 4.44. The molecule has 0 amide bonds. The van der Waals surface area contributed by atoms with E-state index in [0.29, 0.717) is 24.3 Å². The molecule has 0 aliphatic carbocycles. The molecule has 1 atom stereocenters. The van der Waals surface area contributed by atoms with E-state index in [1.54, 1.807) is 7.05 Å². The van der Waals surface area contributed by atoms with E-state index in [4.69, 9.17) is 16.3 Å². The Morgan fingerprint density at radius 3 is 2.88 bits per heavy atom. The maximum absolute atomic E-state index is 13.5. The van der Waals surface area contributed by atoms with Gasteiger partial charge in [0.25, 0.3) is 0 Å². The van der Waals surface area contributed by atoms with Crippen molar-refractivity contribution in [3.05, 3.63) is 28.5 Å². The van der Waals surface area contributed by atoms with Crippen molar-refractivity contribution in [2.24, 2.45) is 0 Å². The lowest BCUT2D eigenvalue weighted by molar-refractivity contribution is -0.153. The van der Waals surface area contributed by atoms with Crippen LogP contribution < -0.4 is 4.74 Å². The van der Waals surface area contributed by atoms with E-state index in [1.807, 2.05) is 6.92 Å². The van der Waals surface area contributed by atoms with E-state index in [2.05, 4.69) is 0 Å². The van der Waals surface area contributed by atoms with E-state index in [9.17, 15) is 9.60 Å². The molecule has 0 spiro atoms. The first kappa shape index (κ1) is 12.6. The van der Waals surface area contributed by atoms with Crippen LogP contribution in [0.2, 0.25) is 5.02 Å². The molecule has 94 valence electrons. The van der Waals surface area contributed by atoms with Gasteiger partial charge >= 0.3 is 0 Å². The average molecular weight is 260 g/mol. The molecule has 1 heterocycles. The first-order valence-corrected chi connectivity index (χ1v) is 5.88. The lowest BCUT2D eigenvalue weighted by Crippen LogP contribution is -2.38. The van der Waals surface area contributed by atoms with Gasteiger partial charge in [-0.2, -0.15) is 5.06 Å². The van der Waals surface area contributed by atoms with E-state index < -0.39 is 11.4 Å². The Balaban J connectivity index is 2.63. The van der Waals surface area contributed by atoms with Crippen LogP contribution in [0.4, 0.5) is 4.39 Å². The van der Waals surface area contributed by atoms with Gasteiger partial charge in [0.05, 0.1) is 17.2 Å². The van der Waals surface area contributed by atoms with E-state index in [0.717, 1.165) is 11.5 Å². The maximum Gasteiger partial charge on any atom is 0.143 e. The molecule has 1 aliphatic heterocycles. The number of fused-ring (bicyclic) bond motifs is 1. The van der Waals surface area contributed by atoms with Crippen LogP contribution in [0.15, 0.2) is 12.1 Å². The molecule has 0 bridgehead atoms. The second-order valence-electron chi connectivity index (χ2n) is 4.51. The van der Waals surface area contributed by atoms with Crippen molar-refractivity contribution in [1.29, 1.82) is 0 Å². The van der Waals surface area contributed by atoms with Crippen LogP contribution >= 0.6 is 11.6 Å². The zero-order valence-electron chi connectivity index (χ0n) is 9.83. The summed E-state index contributed by atoms with van der Waals surface area (Å²) in [6.07, 6.45) is 1.45. The van der Waals surface area contributed by atoms with Gasteiger partial charge in [0, 0.05) is 12.6 Å². The largest absolute Gasteiger partial charge is 0.492 e. The molecule has 0 saturated heterocycles. The number of halogens is 2. The van der Waals surface area contributed by atoms with Crippen LogP contribution in [0, 0.1) is 5.82 Å². The molecule has 0 saturated carbocycles. The lowest BCUT2D eigenvalue weighted by Gasteiger charge is -2.34. The Labute approximate surface area is 105 Å². The van der Waals surface area contributed by atoms with Gasteiger partial charge in [0.15, 0.2) is 0 Å². The molecule has 2 rings (SSSR count). The van der Waals surface area contributed by atoms with Crippen molar-refractivity contribution in [3.63, 3.8) is 0 Å². The Bertz CT molecular complexity index is 439. The second-order valence-corrected chi connectivity index (χ2v) is 4.92. The Hall–Kier alpha value is -0.840. The molecule has 1 N–H and O–H groups in total. The zero-order chi connectivity index (χ0) is 12.6. The smallest absolute Gasteiger partial charge is 0.143 e. The van der Waals surface area contributed by atoms with Crippen LogP contribution in [-0.4, -0.2) is 23.9 Å². The van der Waals surface area contributed by atoms with E-state index in [-0.39, 0.29) is 5.02 Å². The fraction of sp³-hybridized carbons (Fsp3) is 0.500. The molecule has 1 aliphatic rings. The number of hydroxylamine groups is 2. The molecule has 0 fully saturated rings. The number of rotatable bonds is 1. The molecule has 1 aromatic rings. The first-order chi connectivity index (χ1) is 7.95. The lowest BCUT2D eigenvalue weighted by atomic mass is 9.87. The summed E-state index contributed by atoms with van der Waals surface area (Å²) >= 11 is 5.99. The van der Waals surface area contributed by atoms with Crippen molar-refractivity contribution >= 4 is 11.6 Å². The highest BCUT2D eigenvalue weighted by molar-refractivity contribution is 6.32. The van der Waals surface area contributed by atoms with Crippen LogP contribution in [0.1, 0.15) is 25.3 Å². The zero-order valence-corrected chi connectivity index (χ0v) is 10.6. The van der Waals surface area contributed by atoms with Crippen LogP contribution in [0.3, 0.4) is 0 Å². The standard InChI is InChI=1S/C12H15ClFNO2/c1-12(15(2)16)4-3-5-17-11-9(12)6-8(14)7-10(11)13/h6-7,16H,3-5H2,1-2H3. The summed E-state index contributed by atoms with van der Waals surface area (Å²) in [6.45, 7) is 2.36. The molecule has 1 aromatic carbocycles. The van der Waals surface area contributed by atoms with Crippen LogP contribution in [0.25, 0.3) is 0 Å². The summed E-state index contributed by atoms with van der Waals surface area (Å²) in [5, 5.41) is 11.1. The number of benzene rings is 1. The van der Waals surface area contributed by atoms with Gasteiger partial charge < -0.3 is 9.94 Å². The third-order valence-corrected chi connectivity index (χ3v) is 3.64. The minimum absolute atomic E-state index is 0.245. The maximum atomic E-state index is 13.5. The molecular formula is C12H15ClFNO2. The SMILES string of the molecule is CN(O)C1(C)CCCOc2c(Cl)cc(F)cc21. The van der Waals surface area contributed by atoms with Crippen molar-refractivity contribution in [1.82, 2.24) is 5.06 Å². The molecule has 0 radical (unpaired) electrons. The van der Waals surface area contributed by atoms with Crippen LogP contribution in [0.5, 0.6) is 5.75 Å². The summed E-state index contributed by atoms with van der Waals surface area (Å²) in [4.78, 5) is 0. The molecule has 1 unspecified atom stereocenters. The van der Waals surface area contributed by atoms with E-state index >= 15 is 0 Å². The number of hydrogen-bond acceptors (Lipinski definition) is 3. The highest BCUT2D eigenvalue weighted by atomic mass is 35.5. The van der Waals surface area contributed by atoms with Crippen molar-refractivity contribution in [3.8, 4) is 5.75 Å². The predicted molar refractivity (Wildman–Crippen MR) is 63.0 cm³/mol. The fourth-order valence-corrected chi connectivity index (χ4v) is 2.43. The summed E-state index contributed by atoms with van der Waals surface area (Å²) in [5.74, 6) is 0.0429. The Morgan fingerprint density at radius 1 is 1.53 bits per heavy atom. The minimum Gasteiger partial charge on any atom is -0.492 e. The highest BCUT2D eigenvalue weighted by Gasteiger charge is 2.36. The molecular weight excluding hydrogens is 245 g/mol. The molecule has 3 nitrogen and oxygen atoms in total. The average Bonchev–Trinajstić information content (AvgIpc) is 2.40. The topological polar surface area (TPSA) is 32.7 Å². The van der Waals surface area contributed by atoms with Crippen molar-refractivity contribution < 1.29 is 14.3 Å². The number of nitrogens with zero attached hydrogens (tertiary/aromatic N) is 1. The minimum atomic E-state index is -0.683. The summed E-state index contributed by atoms with van der Waals surface area (Å²) in [7, 11) is 1.55. The third kappa shape index (κ3) is 2.12. The highest BCUT2D eigenvalue weighted by Crippen LogP contribution is 2.43. The Kier molecular flexibility index (Phi) is 3.30. The van der Waals surface area contributed by atoms with Crippen molar-refractivity contribution in [2.45, 2.75) is 25.3 Å². The van der Waals surface area contributed by atoms with Gasteiger partial charge in [-0.1, -0.05) is 11.6 Å². The van der Waals surface area contributed by atoms with Gasteiger partial charge in [0.2, 0.25) is 0 Å². The summed E-state index contributed by atoms with van der Waals surface area (Å²) < 4.78 is 19.0. The van der Waals surface area contributed by atoms with Gasteiger partial charge in [-0.15, -0.1) is 0 Å². The molecule has 5 heteroatoms. The predicted octanol–water partition coefficient (Wildman–Crippen LogP) is 3.19. The summed E-state index contributed by atoms with van der Waals surface area (Å²) in [5.41, 5.74) is -0.0950. The van der Waals surface area contributed by atoms with Gasteiger partial charge in [0.1, 0.15) is 11.6 Å². The Morgan fingerprint density at radius 2 is 2.24 bits per heavy atom. The van der Waals surface area contributed by atoms with Gasteiger partial charge in [-0.25, -0.2) is 4.39 Å².